The van der Waals surface area contributed by atoms with E-state index < -0.39 is 0 Å². The number of nitrogens with zero attached hydrogens (tertiary/aromatic N) is 2. The van der Waals surface area contributed by atoms with Gasteiger partial charge in [-0.1, -0.05) is 6.07 Å². The van der Waals surface area contributed by atoms with Gasteiger partial charge in [-0.2, -0.15) is 0 Å². The number of fused-ring (bicyclic) bond motifs is 2. The van der Waals surface area contributed by atoms with Crippen LogP contribution in [-0.4, -0.2) is 24.0 Å². The number of hydrogen-bond donors (Lipinski definition) is 1. The van der Waals surface area contributed by atoms with E-state index in [-0.39, 0.29) is 17.8 Å². The van der Waals surface area contributed by atoms with Gasteiger partial charge < -0.3 is 19.7 Å². The molecule has 6 nitrogen and oxygen atoms in total. The largest absolute Gasteiger partial charge is 0.497 e. The van der Waals surface area contributed by atoms with Gasteiger partial charge in [-0.3, -0.25) is 4.79 Å². The molecule has 2 heterocycles. The van der Waals surface area contributed by atoms with Gasteiger partial charge in [0.05, 0.1) is 7.11 Å². The number of halogens is 1. The van der Waals surface area contributed by atoms with Crippen molar-refractivity contribution in [3.8, 4) is 17.2 Å². The summed E-state index contributed by atoms with van der Waals surface area (Å²) in [5.41, 5.74) is 2.24. The number of amides is 1. The minimum Gasteiger partial charge on any atom is -0.497 e. The topological polar surface area (TPSA) is 63.7 Å². The lowest BCUT2D eigenvalue weighted by molar-refractivity contribution is 0.0943. The summed E-state index contributed by atoms with van der Waals surface area (Å²) in [5, 5.41) is 2.90. The predicted octanol–water partition coefficient (Wildman–Crippen LogP) is 4.68. The molecule has 0 spiro atoms. The number of nitrogens with one attached hydrogen (secondary N) is 1. The first-order chi connectivity index (χ1) is 14.9. The number of aromatic nitrogens is 1. The Kier molecular flexibility index (Phi) is 5.75. The van der Waals surface area contributed by atoms with Gasteiger partial charge in [-0.05, 0) is 44.2 Å². The van der Waals surface area contributed by atoms with E-state index in [2.05, 4.69) is 10.3 Å². The number of anilines is 1. The van der Waals surface area contributed by atoms with Gasteiger partial charge in [0, 0.05) is 54.2 Å². The van der Waals surface area contributed by atoms with Gasteiger partial charge in [-0.25, -0.2) is 9.37 Å². The zero-order valence-electron chi connectivity index (χ0n) is 17.7. The summed E-state index contributed by atoms with van der Waals surface area (Å²) in [6.07, 6.45) is 1.63. The fourth-order valence-corrected chi connectivity index (χ4v) is 3.47. The average molecular weight is 421 g/mol. The summed E-state index contributed by atoms with van der Waals surface area (Å²) in [4.78, 5) is 19.0. The molecule has 1 aliphatic heterocycles. The molecule has 0 radical (unpaired) electrons. The van der Waals surface area contributed by atoms with E-state index in [1.807, 2.05) is 30.9 Å². The second kappa shape index (κ2) is 8.63. The number of pyridine rings is 1. The molecule has 0 aliphatic carbocycles. The zero-order valence-corrected chi connectivity index (χ0v) is 17.7. The van der Waals surface area contributed by atoms with Crippen molar-refractivity contribution in [1.82, 2.24) is 10.3 Å². The Hall–Kier alpha value is -3.61. The number of methoxy groups -OCH3 is 1. The third-order valence-corrected chi connectivity index (χ3v) is 5.00. The van der Waals surface area contributed by atoms with Gasteiger partial charge in [0.25, 0.3) is 5.91 Å². The monoisotopic (exact) mass is 421 g/mol. The van der Waals surface area contributed by atoms with Crippen molar-refractivity contribution in [2.24, 2.45) is 0 Å². The lowest BCUT2D eigenvalue weighted by Gasteiger charge is -2.29. The van der Waals surface area contributed by atoms with E-state index in [4.69, 9.17) is 9.47 Å². The summed E-state index contributed by atoms with van der Waals surface area (Å²) in [7, 11) is 1.59. The van der Waals surface area contributed by atoms with Crippen LogP contribution < -0.4 is 19.7 Å². The second-order valence-electron chi connectivity index (χ2n) is 7.71. The lowest BCUT2D eigenvalue weighted by Crippen LogP contribution is -2.30. The number of carbonyl (C=O) groups excluding carboxylic acids is 1. The molecular weight excluding hydrogens is 397 g/mol. The van der Waals surface area contributed by atoms with Crippen molar-refractivity contribution in [3.05, 3.63) is 77.2 Å². The van der Waals surface area contributed by atoms with Crippen LogP contribution >= 0.6 is 0 Å². The van der Waals surface area contributed by atoms with E-state index in [0.717, 1.165) is 11.1 Å². The second-order valence-corrected chi connectivity index (χ2v) is 7.71. The first kappa shape index (κ1) is 20.7. The molecule has 2 aromatic carbocycles. The van der Waals surface area contributed by atoms with Crippen LogP contribution in [0.4, 0.5) is 10.2 Å². The van der Waals surface area contributed by atoms with Crippen LogP contribution in [0.1, 0.15) is 35.3 Å². The normalized spacial score (nSPS) is 12.9. The summed E-state index contributed by atoms with van der Waals surface area (Å²) >= 11 is 0. The maximum absolute atomic E-state index is 13.9. The Labute approximate surface area is 180 Å². The van der Waals surface area contributed by atoms with Crippen molar-refractivity contribution < 1.29 is 18.7 Å². The molecule has 1 aromatic heterocycles. The standard InChI is InChI=1S/C24H24FN3O3/c1-15(2)27-24(29)16-8-9-26-23(10-16)28-13-17-4-6-19(25)11-21(17)31-22-12-20(30-3)7-5-18(22)14-28/h4-12,15H,13-14H2,1-3H3,(H,27,29). The van der Waals surface area contributed by atoms with Crippen LogP contribution in [0, 0.1) is 5.82 Å². The number of carbonyl (C=O) groups is 1. The van der Waals surface area contributed by atoms with Gasteiger partial charge >= 0.3 is 0 Å². The average Bonchev–Trinajstić information content (AvgIpc) is 2.74. The van der Waals surface area contributed by atoms with Crippen LogP contribution in [0.3, 0.4) is 0 Å². The minimum absolute atomic E-state index is 0.0339. The smallest absolute Gasteiger partial charge is 0.251 e. The molecule has 1 amide bonds. The lowest BCUT2D eigenvalue weighted by atomic mass is 10.1. The van der Waals surface area contributed by atoms with E-state index >= 15 is 0 Å². The van der Waals surface area contributed by atoms with Crippen LogP contribution in [0.2, 0.25) is 0 Å². The van der Waals surface area contributed by atoms with Gasteiger partial charge in [0.15, 0.2) is 0 Å². The quantitative estimate of drug-likeness (QED) is 0.663. The first-order valence-electron chi connectivity index (χ1n) is 10.1. The predicted molar refractivity (Wildman–Crippen MR) is 116 cm³/mol. The number of benzene rings is 2. The maximum atomic E-state index is 13.9. The number of ether oxygens (including phenoxy) is 2. The van der Waals surface area contributed by atoms with Gasteiger partial charge in [-0.15, -0.1) is 0 Å². The molecule has 0 saturated heterocycles. The zero-order chi connectivity index (χ0) is 22.0. The Morgan fingerprint density at radius 3 is 2.52 bits per heavy atom. The van der Waals surface area contributed by atoms with Gasteiger partial charge in [0.2, 0.25) is 0 Å². The summed E-state index contributed by atoms with van der Waals surface area (Å²) < 4.78 is 25.3. The van der Waals surface area contributed by atoms with E-state index in [1.54, 1.807) is 37.6 Å². The van der Waals surface area contributed by atoms with Crippen LogP contribution in [-0.2, 0) is 13.1 Å². The molecule has 1 aliphatic rings. The fourth-order valence-electron chi connectivity index (χ4n) is 3.47. The van der Waals surface area contributed by atoms with E-state index in [9.17, 15) is 9.18 Å². The van der Waals surface area contributed by atoms with Crippen LogP contribution in [0.25, 0.3) is 0 Å². The van der Waals surface area contributed by atoms with Crippen molar-refractivity contribution in [2.75, 3.05) is 12.0 Å². The van der Waals surface area contributed by atoms with Crippen molar-refractivity contribution in [1.29, 1.82) is 0 Å². The highest BCUT2D eigenvalue weighted by molar-refractivity contribution is 5.95. The molecule has 0 atom stereocenters. The van der Waals surface area contributed by atoms with Crippen molar-refractivity contribution in [3.63, 3.8) is 0 Å². The van der Waals surface area contributed by atoms with Gasteiger partial charge in [0.1, 0.15) is 28.9 Å². The third kappa shape index (κ3) is 4.60. The summed E-state index contributed by atoms with van der Waals surface area (Å²) in [5.74, 6) is 1.80. The molecular formula is C24H24FN3O3. The SMILES string of the molecule is COc1ccc2c(c1)Oc1cc(F)ccc1CN(c1cc(C(=O)NC(C)C)ccn1)C2. The maximum Gasteiger partial charge on any atom is 0.251 e. The molecule has 4 rings (SSSR count). The highest BCUT2D eigenvalue weighted by atomic mass is 19.1. The van der Waals surface area contributed by atoms with Crippen LogP contribution in [0.15, 0.2) is 54.7 Å². The number of rotatable bonds is 4. The Balaban J connectivity index is 1.76. The van der Waals surface area contributed by atoms with E-state index in [0.29, 0.717) is 41.7 Å². The van der Waals surface area contributed by atoms with Crippen LogP contribution in [0.5, 0.6) is 17.2 Å². The van der Waals surface area contributed by atoms with Crippen molar-refractivity contribution in [2.45, 2.75) is 33.0 Å². The highest BCUT2D eigenvalue weighted by Gasteiger charge is 2.21. The Morgan fingerprint density at radius 1 is 1.10 bits per heavy atom. The van der Waals surface area contributed by atoms with Crippen molar-refractivity contribution >= 4 is 11.7 Å². The molecule has 0 bridgehead atoms. The first-order valence-corrected chi connectivity index (χ1v) is 10.1. The minimum atomic E-state index is -0.374. The molecule has 1 N–H and O–H groups in total. The molecule has 7 heteroatoms. The molecule has 3 aromatic rings. The Bertz CT molecular complexity index is 1120. The van der Waals surface area contributed by atoms with E-state index in [1.165, 1.54) is 12.1 Å². The summed E-state index contributed by atoms with van der Waals surface area (Å²) in [6, 6.07) is 13.5. The fraction of sp³-hybridized carbons (Fsp3) is 0.250. The molecule has 0 unspecified atom stereocenters. The molecule has 160 valence electrons. The number of hydrogen-bond acceptors (Lipinski definition) is 5. The molecule has 31 heavy (non-hydrogen) atoms. The Morgan fingerprint density at radius 2 is 1.81 bits per heavy atom. The highest BCUT2D eigenvalue weighted by Crippen LogP contribution is 2.36. The molecule has 0 fully saturated rings. The third-order valence-electron chi connectivity index (χ3n) is 5.00. The molecule has 0 saturated carbocycles. The summed E-state index contributed by atoms with van der Waals surface area (Å²) in [6.45, 7) is 4.78.